The summed E-state index contributed by atoms with van der Waals surface area (Å²) >= 11 is 0. The Bertz CT molecular complexity index is 1440. The lowest BCUT2D eigenvalue weighted by molar-refractivity contribution is 1.34. The Morgan fingerprint density at radius 3 is 2.12 bits per heavy atom. The Balaban J connectivity index is 1.91. The number of aromatic amines is 1. The SMILES string of the molecule is c1ccc2cc3cc4c(cc3cc2c1)c1ccc[nH]c1c1ncnc41. The summed E-state index contributed by atoms with van der Waals surface area (Å²) in [5, 5.41) is 8.54. The molecule has 0 atom stereocenters. The Morgan fingerprint density at radius 2 is 1.32 bits per heavy atom. The summed E-state index contributed by atoms with van der Waals surface area (Å²) in [6.07, 6.45) is 3.59. The van der Waals surface area contributed by atoms with Crippen LogP contribution in [0.5, 0.6) is 0 Å². The van der Waals surface area contributed by atoms with Gasteiger partial charge in [0.15, 0.2) is 0 Å². The molecule has 2 heterocycles. The van der Waals surface area contributed by atoms with Gasteiger partial charge in [0, 0.05) is 17.0 Å². The molecule has 6 rings (SSSR count). The van der Waals surface area contributed by atoms with Crippen LogP contribution in [0.25, 0.3) is 54.3 Å². The van der Waals surface area contributed by atoms with E-state index in [2.05, 4.69) is 69.5 Å². The van der Waals surface area contributed by atoms with Gasteiger partial charge in [-0.15, -0.1) is 0 Å². The fourth-order valence-corrected chi connectivity index (χ4v) is 3.91. The fourth-order valence-electron chi connectivity index (χ4n) is 3.91. The molecule has 0 aliphatic carbocycles. The highest BCUT2D eigenvalue weighted by Gasteiger charge is 2.12. The monoisotopic (exact) mass is 319 g/mol. The Labute approximate surface area is 142 Å². The number of nitrogens with one attached hydrogen (secondary N) is 1. The van der Waals surface area contributed by atoms with Gasteiger partial charge in [-0.2, -0.15) is 0 Å². The highest BCUT2D eigenvalue weighted by molar-refractivity contribution is 6.24. The molecule has 3 heteroatoms. The number of imidazole rings is 1. The highest BCUT2D eigenvalue weighted by Crippen LogP contribution is 2.35. The molecule has 0 spiro atoms. The van der Waals surface area contributed by atoms with Gasteiger partial charge in [0.25, 0.3) is 0 Å². The topological polar surface area (TPSA) is 41.6 Å². The first-order chi connectivity index (χ1) is 12.4. The van der Waals surface area contributed by atoms with E-state index in [1.807, 2.05) is 12.3 Å². The number of benzene rings is 4. The second-order valence-electron chi connectivity index (χ2n) is 6.47. The summed E-state index contributed by atoms with van der Waals surface area (Å²) in [5.41, 5.74) is 2.94. The second kappa shape index (κ2) is 4.54. The van der Waals surface area contributed by atoms with Crippen molar-refractivity contribution in [2.24, 2.45) is 0 Å². The third-order valence-corrected chi connectivity index (χ3v) is 5.08. The van der Waals surface area contributed by atoms with Crippen LogP contribution in [0, 0.1) is 0 Å². The minimum Gasteiger partial charge on any atom is -0.359 e. The van der Waals surface area contributed by atoms with Gasteiger partial charge in [-0.1, -0.05) is 30.3 Å². The van der Waals surface area contributed by atoms with Gasteiger partial charge in [-0.25, -0.2) is 9.97 Å². The molecule has 3 nitrogen and oxygen atoms in total. The summed E-state index contributed by atoms with van der Waals surface area (Å²) in [6.45, 7) is 0. The van der Waals surface area contributed by atoms with Crippen molar-refractivity contribution in [1.29, 1.82) is 0 Å². The van der Waals surface area contributed by atoms with Crippen molar-refractivity contribution >= 4 is 54.3 Å². The minimum atomic E-state index is 0.934. The molecule has 2 aromatic heterocycles. The molecule has 1 N–H and O–H groups in total. The molecule has 0 amide bonds. The molecule has 0 saturated carbocycles. The molecule has 0 aliphatic heterocycles. The summed E-state index contributed by atoms with van der Waals surface area (Å²) in [5.74, 6) is 0. The third kappa shape index (κ3) is 1.69. The Kier molecular flexibility index (Phi) is 2.35. The third-order valence-electron chi connectivity index (χ3n) is 5.08. The predicted octanol–water partition coefficient (Wildman–Crippen LogP) is 5.57. The largest absolute Gasteiger partial charge is 0.359 e. The van der Waals surface area contributed by atoms with Crippen LogP contribution >= 0.6 is 0 Å². The molecule has 6 aromatic rings. The van der Waals surface area contributed by atoms with Gasteiger partial charge >= 0.3 is 0 Å². The van der Waals surface area contributed by atoms with E-state index in [1.165, 1.54) is 32.3 Å². The lowest BCUT2D eigenvalue weighted by Crippen LogP contribution is -1.86. The molecule has 0 unspecified atom stereocenters. The van der Waals surface area contributed by atoms with Crippen LogP contribution in [-0.2, 0) is 0 Å². The van der Waals surface area contributed by atoms with E-state index in [0.29, 0.717) is 0 Å². The van der Waals surface area contributed by atoms with E-state index in [-0.39, 0.29) is 0 Å². The van der Waals surface area contributed by atoms with Crippen LogP contribution in [0.4, 0.5) is 0 Å². The molecule has 0 bridgehead atoms. The highest BCUT2D eigenvalue weighted by atomic mass is 14.9. The van der Waals surface area contributed by atoms with Crippen molar-refractivity contribution in [1.82, 2.24) is 15.0 Å². The first-order valence-corrected chi connectivity index (χ1v) is 8.34. The zero-order valence-corrected chi connectivity index (χ0v) is 13.3. The number of hydrogen-bond donors (Lipinski definition) is 1. The maximum absolute atomic E-state index is 4.54. The van der Waals surface area contributed by atoms with E-state index < -0.39 is 0 Å². The van der Waals surface area contributed by atoms with Crippen LogP contribution in [0.1, 0.15) is 0 Å². The van der Waals surface area contributed by atoms with Crippen molar-refractivity contribution in [3.63, 3.8) is 0 Å². The van der Waals surface area contributed by atoms with E-state index in [0.717, 1.165) is 21.9 Å². The molecule has 0 fully saturated rings. The van der Waals surface area contributed by atoms with E-state index in [1.54, 1.807) is 6.33 Å². The Hall–Kier alpha value is -3.46. The van der Waals surface area contributed by atoms with Gasteiger partial charge in [0.1, 0.15) is 17.4 Å². The molecule has 0 aliphatic rings. The van der Waals surface area contributed by atoms with Crippen LogP contribution in [-0.4, -0.2) is 15.0 Å². The summed E-state index contributed by atoms with van der Waals surface area (Å²) in [6, 6.07) is 21.7. The number of hydrogen-bond acceptors (Lipinski definition) is 2. The number of pyridine rings is 1. The number of rotatable bonds is 0. The molecule has 25 heavy (non-hydrogen) atoms. The van der Waals surface area contributed by atoms with Crippen molar-refractivity contribution < 1.29 is 0 Å². The fraction of sp³-hybridized carbons (Fsp3) is 0. The average molecular weight is 319 g/mol. The summed E-state index contributed by atoms with van der Waals surface area (Å²) in [4.78, 5) is 12.4. The van der Waals surface area contributed by atoms with Crippen molar-refractivity contribution in [3.8, 4) is 0 Å². The summed E-state index contributed by atoms with van der Waals surface area (Å²) in [7, 11) is 0. The minimum absolute atomic E-state index is 0.934. The first-order valence-electron chi connectivity index (χ1n) is 8.34. The average Bonchev–Trinajstić information content (AvgIpc) is 3.15. The smallest absolute Gasteiger partial charge is 0.117 e. The van der Waals surface area contributed by atoms with E-state index in [9.17, 15) is 0 Å². The van der Waals surface area contributed by atoms with Gasteiger partial charge in [-0.05, 0) is 57.3 Å². The van der Waals surface area contributed by atoms with Crippen LogP contribution in [0.3, 0.4) is 0 Å². The van der Waals surface area contributed by atoms with Crippen molar-refractivity contribution in [2.75, 3.05) is 0 Å². The normalized spacial score (nSPS) is 12.0. The summed E-state index contributed by atoms with van der Waals surface area (Å²) < 4.78 is 0. The van der Waals surface area contributed by atoms with Gasteiger partial charge < -0.3 is 4.98 Å². The van der Waals surface area contributed by atoms with Gasteiger partial charge in [-0.3, -0.25) is 0 Å². The van der Waals surface area contributed by atoms with Crippen LogP contribution < -0.4 is 0 Å². The van der Waals surface area contributed by atoms with Gasteiger partial charge in [0.05, 0.1) is 5.52 Å². The maximum Gasteiger partial charge on any atom is 0.117 e. The lowest BCUT2D eigenvalue weighted by atomic mass is 9.97. The number of H-pyrrole nitrogens is 1. The number of aromatic nitrogens is 3. The molecule has 0 saturated heterocycles. The quantitative estimate of drug-likeness (QED) is 0.294. The van der Waals surface area contributed by atoms with Gasteiger partial charge in [0.2, 0.25) is 0 Å². The second-order valence-corrected chi connectivity index (χ2v) is 6.47. The van der Waals surface area contributed by atoms with Crippen LogP contribution in [0.2, 0.25) is 0 Å². The molecule has 116 valence electrons. The van der Waals surface area contributed by atoms with E-state index >= 15 is 0 Å². The molecule has 4 aromatic carbocycles. The van der Waals surface area contributed by atoms with Crippen LogP contribution in [0.15, 0.2) is 73.2 Å². The first kappa shape index (κ1) is 12.9. The standard InChI is InChI=1S/C22H13N3/c1-2-5-14-9-16-11-19-18(10-15(16)8-13(14)4-1)17-6-3-7-23-20(17)22-21(19)24-12-25-22/h1-12,23H. The number of nitrogens with zero attached hydrogens (tertiary/aromatic N) is 2. The molecular formula is C22H13N3. The van der Waals surface area contributed by atoms with Crippen molar-refractivity contribution in [3.05, 3.63) is 73.2 Å². The predicted molar refractivity (Wildman–Crippen MR) is 104 cm³/mol. The van der Waals surface area contributed by atoms with Crippen molar-refractivity contribution in [2.45, 2.75) is 0 Å². The maximum atomic E-state index is 4.54. The molecular weight excluding hydrogens is 306 g/mol. The lowest BCUT2D eigenvalue weighted by Gasteiger charge is -2.09. The Morgan fingerprint density at radius 1 is 0.600 bits per heavy atom. The number of fused-ring (bicyclic) bond motifs is 8. The zero-order chi connectivity index (χ0) is 16.4. The zero-order valence-electron chi connectivity index (χ0n) is 13.3. The molecule has 0 radical (unpaired) electrons. The van der Waals surface area contributed by atoms with E-state index in [4.69, 9.17) is 0 Å².